The van der Waals surface area contributed by atoms with Crippen LogP contribution in [0.5, 0.6) is 0 Å². The fraction of sp³-hybridized carbons (Fsp3) is 0.597. The molecule has 6 heteroatoms. The van der Waals surface area contributed by atoms with E-state index in [1.54, 1.807) is 0 Å². The van der Waals surface area contributed by atoms with E-state index >= 15 is 0 Å². The summed E-state index contributed by atoms with van der Waals surface area (Å²) in [5, 5.41) is 0. The van der Waals surface area contributed by atoms with Gasteiger partial charge in [0.2, 0.25) is 0 Å². The van der Waals surface area contributed by atoms with Crippen molar-refractivity contribution in [3.8, 4) is 0 Å². The highest BCUT2D eigenvalue weighted by atomic mass is 16.6. The molecular formula is C77H122O6. The zero-order valence-corrected chi connectivity index (χ0v) is 53.4. The molecule has 0 aromatic carbocycles. The summed E-state index contributed by atoms with van der Waals surface area (Å²) in [6, 6.07) is 0. The average Bonchev–Trinajstić information content (AvgIpc) is 3.49. The lowest BCUT2D eigenvalue weighted by Gasteiger charge is -2.18. The van der Waals surface area contributed by atoms with Gasteiger partial charge in [-0.2, -0.15) is 0 Å². The van der Waals surface area contributed by atoms with Crippen LogP contribution >= 0.6 is 0 Å². The lowest BCUT2D eigenvalue weighted by atomic mass is 10.1. The fourth-order valence-corrected chi connectivity index (χ4v) is 8.71. The highest BCUT2D eigenvalue weighted by molar-refractivity contribution is 5.71. The highest BCUT2D eigenvalue weighted by Crippen LogP contribution is 2.14. The predicted molar refractivity (Wildman–Crippen MR) is 361 cm³/mol. The number of hydrogen-bond donors (Lipinski definition) is 0. The molecule has 0 saturated carbocycles. The molecule has 6 nitrogen and oxygen atoms in total. The van der Waals surface area contributed by atoms with Gasteiger partial charge in [0.1, 0.15) is 13.2 Å². The van der Waals surface area contributed by atoms with Crippen molar-refractivity contribution in [2.24, 2.45) is 0 Å². The molecule has 0 rings (SSSR count). The van der Waals surface area contributed by atoms with E-state index in [4.69, 9.17) is 14.2 Å². The minimum atomic E-state index is -0.819. The monoisotopic (exact) mass is 1140 g/mol. The van der Waals surface area contributed by atoms with E-state index in [1.807, 2.05) is 0 Å². The Bertz CT molecular complexity index is 1890. The van der Waals surface area contributed by atoms with Crippen molar-refractivity contribution in [3.05, 3.63) is 170 Å². The van der Waals surface area contributed by atoms with Gasteiger partial charge in [-0.05, 0) is 154 Å². The molecule has 0 heterocycles. The van der Waals surface area contributed by atoms with Gasteiger partial charge in [-0.3, -0.25) is 14.4 Å². The van der Waals surface area contributed by atoms with Gasteiger partial charge in [-0.25, -0.2) is 0 Å². The largest absolute Gasteiger partial charge is 0.462 e. The zero-order chi connectivity index (χ0) is 59.9. The maximum absolute atomic E-state index is 12.9. The second-order valence-electron chi connectivity index (χ2n) is 21.6. The Hall–Kier alpha value is -5.23. The smallest absolute Gasteiger partial charge is 0.306 e. The van der Waals surface area contributed by atoms with E-state index in [9.17, 15) is 14.4 Å². The number of hydrogen-bond acceptors (Lipinski definition) is 6. The lowest BCUT2D eigenvalue weighted by molar-refractivity contribution is -0.167. The molecule has 466 valence electrons. The van der Waals surface area contributed by atoms with Gasteiger partial charge in [0.25, 0.3) is 0 Å². The summed E-state index contributed by atoms with van der Waals surface area (Å²) >= 11 is 0. The Morgan fingerprint density at radius 2 is 0.470 bits per heavy atom. The Balaban J connectivity index is 4.50. The average molecular weight is 1140 g/mol. The molecule has 0 aliphatic heterocycles. The van der Waals surface area contributed by atoms with Crippen molar-refractivity contribution in [2.45, 2.75) is 284 Å². The molecule has 1 atom stereocenters. The molecule has 0 N–H and O–H groups in total. The van der Waals surface area contributed by atoms with Crippen molar-refractivity contribution in [1.82, 2.24) is 0 Å². The van der Waals surface area contributed by atoms with Crippen LogP contribution in [0.3, 0.4) is 0 Å². The fourth-order valence-electron chi connectivity index (χ4n) is 8.71. The second kappa shape index (κ2) is 69.3. The molecule has 0 radical (unpaired) electrons. The van der Waals surface area contributed by atoms with Crippen LogP contribution in [0.1, 0.15) is 278 Å². The van der Waals surface area contributed by atoms with Gasteiger partial charge in [-0.15, -0.1) is 0 Å². The van der Waals surface area contributed by atoms with Crippen LogP contribution in [-0.4, -0.2) is 37.2 Å². The first-order valence-electron chi connectivity index (χ1n) is 33.6. The van der Waals surface area contributed by atoms with Gasteiger partial charge in [0.05, 0.1) is 0 Å². The van der Waals surface area contributed by atoms with Gasteiger partial charge < -0.3 is 14.2 Å². The third-order valence-electron chi connectivity index (χ3n) is 13.7. The minimum absolute atomic E-state index is 0.112. The Labute approximate surface area is 511 Å². The number of rotatable bonds is 59. The van der Waals surface area contributed by atoms with Gasteiger partial charge in [0, 0.05) is 19.3 Å². The van der Waals surface area contributed by atoms with E-state index in [1.165, 1.54) is 70.6 Å². The summed E-state index contributed by atoms with van der Waals surface area (Å²) in [4.78, 5) is 38.4. The molecule has 83 heavy (non-hydrogen) atoms. The molecule has 0 aromatic rings. The quantitative estimate of drug-likeness (QED) is 0.0261. The van der Waals surface area contributed by atoms with Crippen molar-refractivity contribution in [2.75, 3.05) is 13.2 Å². The molecule has 0 aliphatic carbocycles. The minimum Gasteiger partial charge on any atom is -0.462 e. The van der Waals surface area contributed by atoms with Gasteiger partial charge in [-0.1, -0.05) is 274 Å². The van der Waals surface area contributed by atoms with Crippen molar-refractivity contribution in [3.63, 3.8) is 0 Å². The van der Waals surface area contributed by atoms with Crippen LogP contribution in [-0.2, 0) is 28.6 Å². The molecular weight excluding hydrogens is 1020 g/mol. The number of carbonyl (C=O) groups is 3. The third-order valence-corrected chi connectivity index (χ3v) is 13.7. The van der Waals surface area contributed by atoms with E-state index in [0.717, 1.165) is 161 Å². The lowest BCUT2D eigenvalue weighted by Crippen LogP contribution is -2.30. The third kappa shape index (κ3) is 67.4. The van der Waals surface area contributed by atoms with E-state index in [-0.39, 0.29) is 37.5 Å². The van der Waals surface area contributed by atoms with E-state index in [2.05, 4.69) is 191 Å². The highest BCUT2D eigenvalue weighted by Gasteiger charge is 2.19. The maximum atomic E-state index is 12.9. The summed E-state index contributed by atoms with van der Waals surface area (Å²) in [7, 11) is 0. The van der Waals surface area contributed by atoms with E-state index < -0.39 is 6.10 Å². The molecule has 0 bridgehead atoms. The van der Waals surface area contributed by atoms with Crippen molar-refractivity contribution in [1.29, 1.82) is 0 Å². The second-order valence-corrected chi connectivity index (χ2v) is 21.6. The standard InChI is InChI=1S/C77H122O6/c1-4-7-10-13-16-19-22-25-28-30-32-34-36-37-38-39-41-42-44-46-49-52-55-58-61-64-67-70-76(79)82-73-74(72-81-75(78)69-66-63-60-57-54-51-48-27-24-21-18-15-12-9-6-3)83-77(80)71-68-65-62-59-56-53-50-47-45-43-40-35-33-31-29-26-23-20-17-14-11-8-5-2/h7,9-10,12,16,18-19,21,23,25-28,31-34,37-38,40-43,46,48-49,55,58,74H,4-6,8,11,13-15,17,20,22,24,29-30,35-36,39,44-45,47,50-54,56-57,59-73H2,1-3H3/b10-7-,12-9-,19-16-,21-18-,26-23-,28-25-,33-31-,34-32-,38-37-,42-41-,43-40-,48-27-,49-46-,58-55-. The van der Waals surface area contributed by atoms with Crippen LogP contribution in [0.4, 0.5) is 0 Å². The van der Waals surface area contributed by atoms with Crippen LogP contribution < -0.4 is 0 Å². The van der Waals surface area contributed by atoms with Crippen LogP contribution in [0, 0.1) is 0 Å². The molecule has 0 spiro atoms. The van der Waals surface area contributed by atoms with Crippen LogP contribution in [0.25, 0.3) is 0 Å². The van der Waals surface area contributed by atoms with Crippen molar-refractivity contribution >= 4 is 17.9 Å². The summed E-state index contributed by atoms with van der Waals surface area (Å²) in [6.45, 7) is 6.35. The predicted octanol–water partition coefficient (Wildman–Crippen LogP) is 23.4. The van der Waals surface area contributed by atoms with Crippen LogP contribution in [0.2, 0.25) is 0 Å². The maximum Gasteiger partial charge on any atom is 0.306 e. The van der Waals surface area contributed by atoms with E-state index in [0.29, 0.717) is 19.3 Å². The zero-order valence-electron chi connectivity index (χ0n) is 53.4. The molecule has 0 aliphatic rings. The van der Waals surface area contributed by atoms with Gasteiger partial charge >= 0.3 is 17.9 Å². The normalized spacial score (nSPS) is 13.2. The topological polar surface area (TPSA) is 78.9 Å². The Kier molecular flexibility index (Phi) is 64.9. The summed E-state index contributed by atoms with van der Waals surface area (Å²) in [5.41, 5.74) is 0. The number of esters is 3. The molecule has 0 fully saturated rings. The summed E-state index contributed by atoms with van der Waals surface area (Å²) in [6.07, 6.45) is 102. The van der Waals surface area contributed by atoms with Gasteiger partial charge in [0.15, 0.2) is 6.10 Å². The molecule has 0 saturated heterocycles. The molecule has 0 aromatic heterocycles. The summed E-state index contributed by atoms with van der Waals surface area (Å²) < 4.78 is 16.9. The first-order valence-corrected chi connectivity index (χ1v) is 33.6. The Morgan fingerprint density at radius 1 is 0.253 bits per heavy atom. The van der Waals surface area contributed by atoms with Crippen LogP contribution in [0.15, 0.2) is 170 Å². The Morgan fingerprint density at radius 3 is 0.759 bits per heavy atom. The van der Waals surface area contributed by atoms with Crippen molar-refractivity contribution < 1.29 is 28.6 Å². The molecule has 1 unspecified atom stereocenters. The first kappa shape index (κ1) is 77.8. The SMILES string of the molecule is CC/C=C\C/C=C\C/C=C\C/C=C\C/C=C\C/C=C\C/C=C\C/C=C\CCCCC(=O)OCC(COC(=O)CCCCCCC/C=C\C/C=C\C/C=C\CC)OC(=O)CCCCCCCCCC/C=C\C/C=C\C/C=C\CCCCCCC. The first-order chi connectivity index (χ1) is 41.0. The number of carbonyl (C=O) groups excluding carboxylic acids is 3. The number of allylic oxidation sites excluding steroid dienone is 28. The number of unbranched alkanes of at least 4 members (excludes halogenated alkanes) is 20. The molecule has 0 amide bonds. The number of ether oxygens (including phenoxy) is 3. The summed E-state index contributed by atoms with van der Waals surface area (Å²) in [5.74, 6) is -0.982.